The van der Waals surface area contributed by atoms with E-state index in [-0.39, 0.29) is 0 Å². The first-order valence-corrected chi connectivity index (χ1v) is 3.35. The van der Waals surface area contributed by atoms with E-state index >= 15 is 0 Å². The molecule has 0 spiro atoms. The highest BCUT2D eigenvalue weighted by atomic mass is 19.4. The van der Waals surface area contributed by atoms with E-state index in [9.17, 15) is 27.7 Å². The molecule has 0 aliphatic heterocycles. The predicted molar refractivity (Wildman–Crippen MR) is 37.5 cm³/mol. The number of pyridine rings is 1. The van der Waals surface area contributed by atoms with Crippen LogP contribution in [0.2, 0.25) is 0 Å². The topological polar surface area (TPSA) is 65.3 Å². The lowest BCUT2D eigenvalue weighted by atomic mass is 10.4. The van der Waals surface area contributed by atoms with E-state index in [0.717, 1.165) is 0 Å². The molecule has 0 bridgehead atoms. The molecule has 0 saturated heterocycles. The highest BCUT2D eigenvalue weighted by Crippen LogP contribution is 2.26. The minimum Gasteiger partial charge on any atom is -0.404 e. The third kappa shape index (κ3) is 3.04. The number of ether oxygens (including phenoxy) is 1. The van der Waals surface area contributed by atoms with Crippen molar-refractivity contribution >= 4 is 5.69 Å². The average Bonchev–Trinajstić information content (AvgIpc) is 2.05. The lowest BCUT2D eigenvalue weighted by Gasteiger charge is -2.07. The summed E-state index contributed by atoms with van der Waals surface area (Å²) in [5, 5.41) is 10.1. The van der Waals surface area contributed by atoms with Crippen LogP contribution in [0.1, 0.15) is 0 Å². The maximum atomic E-state index is 12.6. The number of nitro groups is 1. The Hall–Kier alpha value is -1.93. The van der Waals surface area contributed by atoms with Gasteiger partial charge in [-0.15, -0.1) is 13.2 Å². The summed E-state index contributed by atoms with van der Waals surface area (Å²) in [6, 6.07) is 0.301. The van der Waals surface area contributed by atoms with E-state index < -0.39 is 28.7 Å². The molecule has 0 atom stereocenters. The fourth-order valence-electron chi connectivity index (χ4n) is 0.735. The zero-order chi connectivity index (χ0) is 11.6. The van der Waals surface area contributed by atoms with Crippen molar-refractivity contribution in [3.8, 4) is 5.75 Å². The summed E-state index contributed by atoms with van der Waals surface area (Å²) >= 11 is 0. The zero-order valence-electron chi connectivity index (χ0n) is 6.79. The number of hydrogen-bond donors (Lipinski definition) is 0. The highest BCUT2D eigenvalue weighted by molar-refractivity contribution is 5.35. The van der Waals surface area contributed by atoms with Gasteiger partial charge >= 0.3 is 12.0 Å². The summed E-state index contributed by atoms with van der Waals surface area (Å²) in [6.07, 6.45) is -4.61. The second-order valence-electron chi connectivity index (χ2n) is 2.29. The fourth-order valence-corrected chi connectivity index (χ4v) is 0.735. The van der Waals surface area contributed by atoms with Gasteiger partial charge in [0.05, 0.1) is 17.2 Å². The molecule has 0 aromatic carbocycles. The molecule has 82 valence electrons. The van der Waals surface area contributed by atoms with Crippen LogP contribution >= 0.6 is 0 Å². The van der Waals surface area contributed by atoms with Gasteiger partial charge in [0, 0.05) is 0 Å². The first-order valence-electron chi connectivity index (χ1n) is 3.35. The van der Waals surface area contributed by atoms with E-state index in [1.54, 1.807) is 0 Å². The van der Waals surface area contributed by atoms with Gasteiger partial charge in [-0.25, -0.2) is 4.98 Å². The van der Waals surface area contributed by atoms with Gasteiger partial charge in [-0.1, -0.05) is 0 Å². The van der Waals surface area contributed by atoms with E-state index in [0.29, 0.717) is 12.3 Å². The highest BCUT2D eigenvalue weighted by Gasteiger charge is 2.32. The van der Waals surface area contributed by atoms with Crippen LogP contribution in [0.15, 0.2) is 12.3 Å². The van der Waals surface area contributed by atoms with Gasteiger partial charge in [0.1, 0.15) is 0 Å². The van der Waals surface area contributed by atoms with Gasteiger partial charge in [-0.2, -0.15) is 4.39 Å². The van der Waals surface area contributed by atoms with Crippen LogP contribution < -0.4 is 4.74 Å². The predicted octanol–water partition coefficient (Wildman–Crippen LogP) is 2.03. The van der Waals surface area contributed by atoms with Crippen LogP contribution in [0, 0.1) is 16.1 Å². The van der Waals surface area contributed by atoms with Crippen molar-refractivity contribution in [2.75, 3.05) is 0 Å². The van der Waals surface area contributed by atoms with E-state index in [4.69, 9.17) is 0 Å². The molecule has 9 heteroatoms. The number of hydrogen-bond acceptors (Lipinski definition) is 4. The molecule has 0 N–H and O–H groups in total. The summed E-state index contributed by atoms with van der Waals surface area (Å²) < 4.78 is 50.9. The van der Waals surface area contributed by atoms with Crippen molar-refractivity contribution < 1.29 is 27.2 Å². The average molecular weight is 226 g/mol. The Kier molecular flexibility index (Phi) is 2.73. The number of rotatable bonds is 2. The van der Waals surface area contributed by atoms with Gasteiger partial charge in [-0.3, -0.25) is 10.1 Å². The molecule has 0 saturated carbocycles. The van der Waals surface area contributed by atoms with Crippen molar-refractivity contribution in [3.63, 3.8) is 0 Å². The third-order valence-corrected chi connectivity index (χ3v) is 1.23. The molecule has 1 heterocycles. The molecule has 0 aliphatic rings. The molecule has 0 unspecified atom stereocenters. The Bertz CT molecular complexity index is 392. The lowest BCUT2D eigenvalue weighted by molar-refractivity contribution is -0.388. The van der Waals surface area contributed by atoms with Gasteiger partial charge in [-0.05, 0) is 0 Å². The van der Waals surface area contributed by atoms with Crippen LogP contribution in [0.4, 0.5) is 23.2 Å². The molecule has 15 heavy (non-hydrogen) atoms. The number of aromatic nitrogens is 1. The van der Waals surface area contributed by atoms with Crippen molar-refractivity contribution in [2.45, 2.75) is 6.36 Å². The lowest BCUT2D eigenvalue weighted by Crippen LogP contribution is -2.17. The quantitative estimate of drug-likeness (QED) is 0.335. The van der Waals surface area contributed by atoms with E-state index in [1.807, 2.05) is 0 Å². The van der Waals surface area contributed by atoms with E-state index in [2.05, 4.69) is 9.72 Å². The monoisotopic (exact) mass is 226 g/mol. The van der Waals surface area contributed by atoms with Gasteiger partial charge in [0.2, 0.25) is 0 Å². The second-order valence-corrected chi connectivity index (χ2v) is 2.29. The number of alkyl halides is 3. The summed E-state index contributed by atoms with van der Waals surface area (Å²) in [5.74, 6) is -2.43. The van der Waals surface area contributed by atoms with E-state index in [1.165, 1.54) is 0 Å². The van der Waals surface area contributed by atoms with Gasteiger partial charge < -0.3 is 4.74 Å². The maximum Gasteiger partial charge on any atom is 0.573 e. The molecule has 0 amide bonds. The first-order chi connectivity index (χ1) is 6.79. The standard InChI is InChI=1S/C6H2F4N2O3/c7-5-4(12(13)14)1-3(2-11-5)15-6(8,9)10/h1-2H. The Morgan fingerprint density at radius 2 is 2.07 bits per heavy atom. The number of halogens is 4. The molecule has 5 nitrogen and oxygen atoms in total. The Labute approximate surface area is 79.4 Å². The fraction of sp³-hybridized carbons (Fsp3) is 0.167. The van der Waals surface area contributed by atoms with Crippen LogP contribution in [-0.4, -0.2) is 16.3 Å². The van der Waals surface area contributed by atoms with Crippen molar-refractivity contribution in [1.29, 1.82) is 0 Å². The molecule has 0 aliphatic carbocycles. The van der Waals surface area contributed by atoms with Crippen molar-refractivity contribution in [2.24, 2.45) is 0 Å². The summed E-state index contributed by atoms with van der Waals surface area (Å²) in [6.45, 7) is 0. The van der Waals surface area contributed by atoms with Crippen molar-refractivity contribution in [1.82, 2.24) is 4.98 Å². The summed E-state index contributed by atoms with van der Waals surface area (Å²) in [7, 11) is 0. The van der Waals surface area contributed by atoms with Crippen molar-refractivity contribution in [3.05, 3.63) is 28.3 Å². The molecule has 0 radical (unpaired) electrons. The maximum absolute atomic E-state index is 12.6. The van der Waals surface area contributed by atoms with Crippen LogP contribution in [0.25, 0.3) is 0 Å². The largest absolute Gasteiger partial charge is 0.573 e. The normalized spacial score (nSPS) is 11.2. The molecule has 1 aromatic rings. The smallest absolute Gasteiger partial charge is 0.404 e. The molecule has 1 aromatic heterocycles. The third-order valence-electron chi connectivity index (χ3n) is 1.23. The first kappa shape index (κ1) is 11.1. The molecule has 1 rings (SSSR count). The number of nitrogens with zero attached hydrogens (tertiary/aromatic N) is 2. The van der Waals surface area contributed by atoms with Crippen LogP contribution in [-0.2, 0) is 0 Å². The zero-order valence-corrected chi connectivity index (χ0v) is 6.79. The minimum atomic E-state index is -5.01. The Morgan fingerprint density at radius 1 is 1.47 bits per heavy atom. The van der Waals surface area contributed by atoms with Crippen LogP contribution in [0.3, 0.4) is 0 Å². The van der Waals surface area contributed by atoms with Gasteiger partial charge in [0.25, 0.3) is 5.95 Å². The molecular weight excluding hydrogens is 224 g/mol. The minimum absolute atomic E-state index is 0.301. The molecule has 0 fully saturated rings. The Morgan fingerprint density at radius 3 is 2.53 bits per heavy atom. The summed E-state index contributed by atoms with van der Waals surface area (Å²) in [4.78, 5) is 11.7. The Balaban J connectivity index is 3.03. The van der Waals surface area contributed by atoms with Gasteiger partial charge in [0.15, 0.2) is 5.75 Å². The molecular formula is C6H2F4N2O3. The summed E-state index contributed by atoms with van der Waals surface area (Å²) in [5.41, 5.74) is -1.18. The SMILES string of the molecule is O=[N+]([O-])c1cc(OC(F)(F)F)cnc1F. The second kappa shape index (κ2) is 3.67. The van der Waals surface area contributed by atoms with Crippen LogP contribution in [0.5, 0.6) is 5.75 Å².